The van der Waals surface area contributed by atoms with E-state index >= 15 is 0 Å². The number of amides is 3. The van der Waals surface area contributed by atoms with Gasteiger partial charge in [0.05, 0.1) is 67.8 Å². The van der Waals surface area contributed by atoms with Gasteiger partial charge in [-0.25, -0.2) is 9.59 Å². The van der Waals surface area contributed by atoms with Crippen molar-refractivity contribution < 1.29 is 77.7 Å². The number of thiocarbonyl (C=S) groups is 1. The van der Waals surface area contributed by atoms with Crippen molar-refractivity contribution in [3.63, 3.8) is 0 Å². The van der Waals surface area contributed by atoms with Crippen molar-refractivity contribution in [2.45, 2.75) is 187 Å². The number of Topliss-reactive ketones (excluding diaryl/α,β-unsaturated/α-hetero) is 1. The molecule has 0 saturated carbocycles. The summed E-state index contributed by atoms with van der Waals surface area (Å²) in [4.78, 5) is 88.2. The van der Waals surface area contributed by atoms with E-state index in [1.807, 2.05) is 182 Å². The Bertz CT molecular complexity index is 6310. The van der Waals surface area contributed by atoms with Gasteiger partial charge in [-0.3, -0.25) is 28.8 Å². The fraction of sp³-hybridized carbons (Fsp3) is 0.323. The molecule has 9 aromatic rings. The lowest BCUT2D eigenvalue weighted by molar-refractivity contribution is -0.145. The zero-order valence-corrected chi connectivity index (χ0v) is 107. The second-order valence-corrected chi connectivity index (χ2v) is 120. The molecule has 9 aromatic carbocycles. The summed E-state index contributed by atoms with van der Waals surface area (Å²) in [5.74, 6) is -1.86. The average Bonchev–Trinajstić information content (AvgIpc) is 0.801. The molecule has 46 heteroatoms. The summed E-state index contributed by atoms with van der Waals surface area (Å²) >= 11 is 66.9. The first-order valence-electron chi connectivity index (χ1n) is 45.2. The number of methoxy groups -OCH3 is 3. The third-order valence-corrected chi connectivity index (χ3v) is 148. The topological polar surface area (TPSA) is 290 Å². The van der Waals surface area contributed by atoms with E-state index in [1.165, 1.54) is 106 Å². The van der Waals surface area contributed by atoms with Crippen LogP contribution in [0.2, 0.25) is 0 Å². The second kappa shape index (κ2) is 63.8. The first kappa shape index (κ1) is 132. The van der Waals surface area contributed by atoms with Gasteiger partial charge in [0.1, 0.15) is 23.6 Å². The fourth-order valence-corrected chi connectivity index (χ4v) is 183. The van der Waals surface area contributed by atoms with Crippen LogP contribution in [0.15, 0.2) is 242 Å². The van der Waals surface area contributed by atoms with Gasteiger partial charge >= 0.3 is 23.9 Å². The van der Waals surface area contributed by atoms with Crippen LogP contribution in [0.1, 0.15) is 180 Å². The molecular formula is C99H125N3O16P8S19. The van der Waals surface area contributed by atoms with Crippen LogP contribution in [0.3, 0.4) is 0 Å². The number of ether oxygens (including phenoxy) is 4. The minimum absolute atomic E-state index is 0.0118. The molecule has 19 nitrogen and oxygen atoms in total. The molecule has 6 unspecified atom stereocenters. The SMILES string of the molecule is C=C1C=C(c2ccccc2)SS1.CC.CC(=O)Oc1ccc(P2(=S)SP(=S)(c3ccc(C)cc3)S2)cc1.CC(=S)CCC(C)C(=O)O.CCC(=O)NC(CC)C(=O)O.CCC(NC(C)=O)C(=O)OC.CCC(NC(C)=O)C(C)=O.COC(O)c1ccc(P2(=S)SP(=S)(c3ccc(C)cc3)S2)cc1.COc1ccc(P2(=S)SP(=S)(c3ccc(C)cc3)S2)cc1.Cc1ccc(P2(=S)SP(=S)(c3ccc(C(C)O)cc3)S2)cc1. The van der Waals surface area contributed by atoms with Crippen LogP contribution in [0.4, 0.5) is 0 Å². The van der Waals surface area contributed by atoms with Gasteiger partial charge in [0.15, 0.2) is 12.1 Å². The van der Waals surface area contributed by atoms with Crippen LogP contribution in [0.25, 0.3) is 4.91 Å². The molecule has 0 spiro atoms. The first-order valence-corrected chi connectivity index (χ1v) is 86.3. The smallest absolute Gasteiger partial charge is 0.328 e. The van der Waals surface area contributed by atoms with E-state index in [0.717, 1.165) is 43.7 Å². The van der Waals surface area contributed by atoms with E-state index < -0.39 is 77.9 Å². The lowest BCUT2D eigenvalue weighted by atomic mass is 10.1. The van der Waals surface area contributed by atoms with Gasteiger partial charge in [-0.2, -0.15) is 0 Å². The Labute approximate surface area is 940 Å². The van der Waals surface area contributed by atoms with Crippen LogP contribution >= 0.6 is 157 Å². The fourth-order valence-electron chi connectivity index (χ4n) is 12.0. The number of allylic oxidation sites excluding steroid dienone is 1. The van der Waals surface area contributed by atoms with Gasteiger partial charge in [-0.05, 0) is 151 Å². The Morgan fingerprint density at radius 1 is 0.407 bits per heavy atom. The maximum absolute atomic E-state index is 11.0. The van der Waals surface area contributed by atoms with Crippen molar-refractivity contribution in [3.8, 4) is 11.5 Å². The van der Waals surface area contributed by atoms with E-state index in [1.54, 1.807) is 75.4 Å². The van der Waals surface area contributed by atoms with Crippen molar-refractivity contribution in [3.05, 3.63) is 281 Å². The molecule has 145 heavy (non-hydrogen) atoms. The van der Waals surface area contributed by atoms with Crippen LogP contribution in [0.5, 0.6) is 11.5 Å². The van der Waals surface area contributed by atoms with Crippen LogP contribution in [-0.2, 0) is 142 Å². The average molecular weight is 2470 g/mol. The number of carbonyl (C=O) groups is 8. The Morgan fingerprint density at radius 3 is 0.959 bits per heavy atom. The number of carbonyl (C=O) groups excluding carboxylic acids is 6. The van der Waals surface area contributed by atoms with E-state index in [9.17, 15) is 48.6 Å². The largest absolute Gasteiger partial charge is 0.497 e. The Hall–Kier alpha value is -3.11. The quantitative estimate of drug-likeness (QED) is 0.00599. The molecule has 6 atom stereocenters. The van der Waals surface area contributed by atoms with Crippen molar-refractivity contribution in [2.75, 3.05) is 21.3 Å². The van der Waals surface area contributed by atoms with E-state index in [2.05, 4.69) is 207 Å². The summed E-state index contributed by atoms with van der Waals surface area (Å²) in [6, 6.07) is 74.6. The highest BCUT2D eigenvalue weighted by molar-refractivity contribution is 9.50. The number of esters is 2. The molecule has 4 saturated heterocycles. The number of aryl methyl sites for hydroxylation is 4. The van der Waals surface area contributed by atoms with E-state index in [-0.39, 0.29) is 41.4 Å². The lowest BCUT2D eigenvalue weighted by Gasteiger charge is -2.40. The number of hydrogen-bond acceptors (Lipinski definition) is 33. The number of aliphatic hydroxyl groups excluding tert-OH is 2. The summed E-state index contributed by atoms with van der Waals surface area (Å²) in [6.45, 7) is 34.3. The van der Waals surface area contributed by atoms with Gasteiger partial charge in [0, 0.05) is 92.1 Å². The summed E-state index contributed by atoms with van der Waals surface area (Å²) < 4.78 is 6.40. The van der Waals surface area contributed by atoms with Crippen molar-refractivity contribution >= 4 is 351 Å². The number of aliphatic carboxylic acids is 2. The zero-order valence-electron chi connectivity index (χ0n) is 83.9. The minimum atomic E-state index is -1.73. The van der Waals surface area contributed by atoms with Gasteiger partial charge in [-0.1, -0.05) is 469 Å². The highest BCUT2D eigenvalue weighted by Crippen LogP contribution is 3.06. The first-order chi connectivity index (χ1) is 68.1. The van der Waals surface area contributed by atoms with E-state index in [0.29, 0.717) is 37.9 Å². The molecule has 0 radical (unpaired) electrons. The standard InChI is InChI=1S/C15H16O2P2S4.C15H14O2P2S4.C15H16OP2S4.C14H14OP2S4.C10H8S2.2C7H13NO3.C7H13NO2.C7H12O2S.C2H6/c1-11-3-7-13(8-4-11)18(20)22-19(21,23-18)14-9-5-12(6-10-14)15(16)17-2;1-11-3-7-14(8-4-11)18(20)22-19(21,23-18)15-9-5-13(6-10-15)17-12(2)16;1-11-3-7-14(8-4-11)17(19)21-18(20,22-17)15-9-5-13(6-10-15)12(2)16;1-11-3-7-13(8-4-11)16(18)20-17(19,21-16)14-9-5-12(15-2)6-10-14;1-8-7-10(12-11-8)9-5-3-2-4-6-9;1-4-6(7(10)11-3)8-5(2)9;1-3-5(7(10)11)8-6(9)4-2;1-4-7(5(2)9)8-6(3)10;1-5(7(8)9)3-4-6(2)10;1-2/h3-10,15-16H,1-2H3;3-10H,1-2H3;3-10,12,16H,1-2H3;3-10H,1-2H3;2-7H,1H2;6H,4H2,1-3H3,(H,8,9);5H,3-4H2,1-2H3,(H,8,9)(H,10,11);7H,4H2,1-3H3,(H,8,10);5H,3-4H2,1-2H3,(H,8,9);1-2H3. The third kappa shape index (κ3) is 42.5. The molecule has 3 amide bonds. The number of rotatable bonds is 28. The van der Waals surface area contributed by atoms with Crippen LogP contribution in [-0.4, -0.2) is 112 Å². The predicted octanol–water partition coefficient (Wildman–Crippen LogP) is 27.6. The molecule has 7 N–H and O–H groups in total. The molecule has 0 bridgehead atoms. The molecule has 0 aromatic heterocycles. The Kier molecular flexibility index (Phi) is 58.2. The maximum Gasteiger partial charge on any atom is 0.328 e. The van der Waals surface area contributed by atoms with Gasteiger partial charge in [-0.15, -0.1) is 0 Å². The summed E-state index contributed by atoms with van der Waals surface area (Å²) in [6.07, 6.45) is 4.15. The molecule has 5 aliphatic heterocycles. The Balaban J connectivity index is 0.000000292. The second-order valence-electron chi connectivity index (χ2n) is 31.9. The van der Waals surface area contributed by atoms with Crippen molar-refractivity contribution in [1.82, 2.24) is 16.0 Å². The molecule has 5 heterocycles. The summed E-state index contributed by atoms with van der Waals surface area (Å²) in [5.41, 5.74) is 7.97. The molecular weight excluding hydrogens is 2340 g/mol. The van der Waals surface area contributed by atoms with Crippen LogP contribution < -0.4 is 67.9 Å². The number of carboxylic acid groups (broad SMARTS) is 2. The monoisotopic (exact) mass is 2470 g/mol. The minimum Gasteiger partial charge on any atom is -0.497 e. The normalized spacial score (nSPS) is 22.0. The van der Waals surface area contributed by atoms with E-state index in [4.69, 9.17) is 131 Å². The summed E-state index contributed by atoms with van der Waals surface area (Å²) in [5, 5.41) is 53.4. The van der Waals surface area contributed by atoms with Gasteiger partial charge < -0.3 is 55.3 Å². The molecule has 0 aliphatic carbocycles. The van der Waals surface area contributed by atoms with Crippen molar-refractivity contribution in [2.24, 2.45) is 5.92 Å². The highest BCUT2D eigenvalue weighted by atomic mass is 33.7. The third-order valence-electron chi connectivity index (χ3n) is 20.2. The number of hydrogen-bond donors (Lipinski definition) is 7. The van der Waals surface area contributed by atoms with Gasteiger partial charge in [0.25, 0.3) is 0 Å². The molecule has 5 aliphatic rings. The summed E-state index contributed by atoms with van der Waals surface area (Å²) in [7, 11) is 7.97. The number of carboxylic acids is 2. The predicted molar refractivity (Wildman–Crippen MR) is 676 cm³/mol. The number of aliphatic hydroxyl groups is 2. The molecule has 4 fully saturated rings. The molecule has 14 rings (SSSR count). The van der Waals surface area contributed by atoms with Crippen LogP contribution in [0, 0.1) is 33.6 Å². The number of benzene rings is 9. The Morgan fingerprint density at radius 2 is 0.717 bits per heavy atom. The lowest BCUT2D eigenvalue weighted by Crippen LogP contribution is -2.39. The zero-order chi connectivity index (χ0) is 109. The number of ketones is 1. The highest BCUT2D eigenvalue weighted by Gasteiger charge is 2.49. The van der Waals surface area contributed by atoms with Gasteiger partial charge in [0.2, 0.25) is 17.7 Å². The number of nitrogens with one attached hydrogen (secondary N) is 3. The maximum atomic E-state index is 11.0. The molecule has 786 valence electrons. The van der Waals surface area contributed by atoms with Crippen molar-refractivity contribution in [1.29, 1.82) is 0 Å².